The van der Waals surface area contributed by atoms with Crippen LogP contribution in [-0.2, 0) is 0 Å². The Bertz CT molecular complexity index is 630. The van der Waals surface area contributed by atoms with E-state index in [1.165, 1.54) is 18.6 Å². The fourth-order valence-corrected chi connectivity index (χ4v) is 3.00. The lowest BCUT2D eigenvalue weighted by molar-refractivity contribution is 0.226. The first-order valence-electron chi connectivity index (χ1n) is 7.16. The lowest BCUT2D eigenvalue weighted by Crippen LogP contribution is -2.67. The highest BCUT2D eigenvalue weighted by Crippen LogP contribution is 2.29. The molecule has 0 radical (unpaired) electrons. The topological polar surface area (TPSA) is 37.4 Å². The molecule has 3 saturated heterocycles. The number of nitrogens with zero attached hydrogens (tertiary/aromatic N) is 2. The van der Waals surface area contributed by atoms with Crippen molar-refractivity contribution >= 4 is 5.69 Å². The minimum Gasteiger partial charge on any atom is -0.456 e. The fraction of sp³-hybridized carbons (Fsp3) is 0.312. The highest BCUT2D eigenvalue weighted by atomic mass is 19.1. The molecular weight excluding hydrogens is 269 g/mol. The number of piperazine rings is 1. The summed E-state index contributed by atoms with van der Waals surface area (Å²) in [4.78, 5) is 6.59. The van der Waals surface area contributed by atoms with E-state index in [1.807, 2.05) is 12.3 Å². The number of rotatable bonds is 3. The van der Waals surface area contributed by atoms with Gasteiger partial charge in [0.15, 0.2) is 0 Å². The minimum atomic E-state index is -0.269. The summed E-state index contributed by atoms with van der Waals surface area (Å²) >= 11 is 0. The molecule has 0 aliphatic carbocycles. The Morgan fingerprint density at radius 2 is 1.81 bits per heavy atom. The number of nitrogens with one attached hydrogen (secondary N) is 1. The molecule has 4 nitrogen and oxygen atoms in total. The Hall–Kier alpha value is -2.14. The van der Waals surface area contributed by atoms with Gasteiger partial charge in [-0.25, -0.2) is 4.39 Å². The first-order valence-corrected chi connectivity index (χ1v) is 7.16. The summed E-state index contributed by atoms with van der Waals surface area (Å²) in [7, 11) is 0. The molecule has 108 valence electrons. The number of benzene rings is 1. The molecule has 1 aromatic carbocycles. The van der Waals surface area contributed by atoms with Crippen molar-refractivity contribution in [1.82, 2.24) is 10.3 Å². The summed E-state index contributed by atoms with van der Waals surface area (Å²) in [5.74, 6) is 1.01. The SMILES string of the molecule is Fc1ccc(Oc2cncc(N3CC4CC(C3)N4)c2)cc1. The van der Waals surface area contributed by atoms with Crippen LogP contribution >= 0.6 is 0 Å². The molecule has 0 saturated carbocycles. The molecular formula is C16H16FN3O. The average molecular weight is 285 g/mol. The molecule has 1 aromatic heterocycles. The number of halogens is 1. The van der Waals surface area contributed by atoms with E-state index in [-0.39, 0.29) is 5.82 Å². The van der Waals surface area contributed by atoms with Crippen LogP contribution in [-0.4, -0.2) is 30.2 Å². The van der Waals surface area contributed by atoms with Gasteiger partial charge in [-0.2, -0.15) is 0 Å². The molecule has 21 heavy (non-hydrogen) atoms. The largest absolute Gasteiger partial charge is 0.456 e. The number of aromatic nitrogens is 1. The standard InChI is InChI=1S/C16H16FN3O/c17-11-1-3-15(4-2-11)21-16-6-14(7-18-8-16)20-9-12-5-13(10-20)19-12/h1-4,6-8,12-13,19H,5,9-10H2. The number of pyridine rings is 1. The van der Waals surface area contributed by atoms with Gasteiger partial charge in [-0.1, -0.05) is 0 Å². The van der Waals surface area contributed by atoms with Crippen LogP contribution in [0.1, 0.15) is 6.42 Å². The third-order valence-corrected chi connectivity index (χ3v) is 4.04. The number of fused-ring (bicyclic) bond motifs is 2. The van der Waals surface area contributed by atoms with Gasteiger partial charge in [-0.05, 0) is 30.7 Å². The smallest absolute Gasteiger partial charge is 0.147 e. The second-order valence-electron chi connectivity index (χ2n) is 5.64. The van der Waals surface area contributed by atoms with Crippen LogP contribution in [0.2, 0.25) is 0 Å². The van der Waals surface area contributed by atoms with Crippen molar-refractivity contribution in [2.24, 2.45) is 0 Å². The lowest BCUT2D eigenvalue weighted by Gasteiger charge is -2.49. The van der Waals surface area contributed by atoms with Gasteiger partial charge in [0.1, 0.15) is 17.3 Å². The molecule has 2 unspecified atom stereocenters. The maximum atomic E-state index is 12.9. The molecule has 4 heterocycles. The summed E-state index contributed by atoms with van der Waals surface area (Å²) in [6, 6.07) is 9.19. The lowest BCUT2D eigenvalue weighted by atomic mass is 9.91. The quantitative estimate of drug-likeness (QED) is 0.940. The van der Waals surface area contributed by atoms with Crippen molar-refractivity contribution < 1.29 is 9.13 Å². The van der Waals surface area contributed by atoms with Gasteiger partial charge < -0.3 is 15.0 Å². The van der Waals surface area contributed by atoms with Crippen molar-refractivity contribution in [1.29, 1.82) is 0 Å². The molecule has 3 fully saturated rings. The van der Waals surface area contributed by atoms with E-state index >= 15 is 0 Å². The first-order chi connectivity index (χ1) is 10.3. The molecule has 5 heteroatoms. The highest BCUT2D eigenvalue weighted by Gasteiger charge is 2.36. The van der Waals surface area contributed by atoms with Crippen LogP contribution in [0.25, 0.3) is 0 Å². The average Bonchev–Trinajstić information content (AvgIpc) is 2.49. The second-order valence-corrected chi connectivity index (χ2v) is 5.64. The zero-order chi connectivity index (χ0) is 14.2. The van der Waals surface area contributed by atoms with E-state index in [2.05, 4.69) is 15.2 Å². The summed E-state index contributed by atoms with van der Waals surface area (Å²) in [5.41, 5.74) is 1.07. The van der Waals surface area contributed by atoms with Crippen LogP contribution in [0.3, 0.4) is 0 Å². The van der Waals surface area contributed by atoms with Gasteiger partial charge in [0.05, 0.1) is 18.1 Å². The maximum absolute atomic E-state index is 12.9. The fourth-order valence-electron chi connectivity index (χ4n) is 3.00. The zero-order valence-corrected chi connectivity index (χ0v) is 11.5. The van der Waals surface area contributed by atoms with E-state index < -0.39 is 0 Å². The monoisotopic (exact) mass is 285 g/mol. The van der Waals surface area contributed by atoms with Gasteiger partial charge in [0, 0.05) is 31.2 Å². The molecule has 0 amide bonds. The van der Waals surface area contributed by atoms with Crippen LogP contribution in [0, 0.1) is 5.82 Å². The summed E-state index contributed by atoms with van der Waals surface area (Å²) in [6.45, 7) is 2.02. The van der Waals surface area contributed by atoms with Crippen molar-refractivity contribution in [3.63, 3.8) is 0 Å². The predicted octanol–water partition coefficient (Wildman–Crippen LogP) is 2.56. The molecule has 5 rings (SSSR count). The van der Waals surface area contributed by atoms with Crippen molar-refractivity contribution in [2.75, 3.05) is 18.0 Å². The molecule has 1 N–H and O–H groups in total. The third-order valence-electron chi connectivity index (χ3n) is 4.04. The second kappa shape index (κ2) is 5.00. The Labute approximate surface area is 122 Å². The van der Waals surface area contributed by atoms with Crippen LogP contribution in [0.4, 0.5) is 10.1 Å². The normalized spacial score (nSPS) is 23.6. The molecule has 2 atom stereocenters. The first kappa shape index (κ1) is 12.6. The minimum absolute atomic E-state index is 0.269. The summed E-state index contributed by atoms with van der Waals surface area (Å²) < 4.78 is 18.6. The van der Waals surface area contributed by atoms with E-state index in [4.69, 9.17) is 4.74 Å². The predicted molar refractivity (Wildman–Crippen MR) is 78.3 cm³/mol. The molecule has 3 aliphatic heterocycles. The Balaban J connectivity index is 1.51. The van der Waals surface area contributed by atoms with Gasteiger partial charge >= 0.3 is 0 Å². The third kappa shape index (κ3) is 2.56. The number of hydrogen-bond acceptors (Lipinski definition) is 4. The van der Waals surface area contributed by atoms with Gasteiger partial charge in [0.25, 0.3) is 0 Å². The van der Waals surface area contributed by atoms with E-state index in [1.54, 1.807) is 18.3 Å². The van der Waals surface area contributed by atoms with Crippen molar-refractivity contribution in [3.05, 3.63) is 48.5 Å². The van der Waals surface area contributed by atoms with Crippen LogP contribution < -0.4 is 15.0 Å². The van der Waals surface area contributed by atoms with Gasteiger partial charge in [-0.3, -0.25) is 4.98 Å². The van der Waals surface area contributed by atoms with Gasteiger partial charge in [0.2, 0.25) is 0 Å². The molecule has 0 spiro atoms. The van der Waals surface area contributed by atoms with Crippen LogP contribution in [0.5, 0.6) is 11.5 Å². The van der Waals surface area contributed by atoms with E-state index in [0.717, 1.165) is 18.8 Å². The Morgan fingerprint density at radius 3 is 2.52 bits per heavy atom. The molecule has 2 aromatic rings. The van der Waals surface area contributed by atoms with Crippen molar-refractivity contribution in [3.8, 4) is 11.5 Å². The van der Waals surface area contributed by atoms with Gasteiger partial charge in [-0.15, -0.1) is 0 Å². The summed E-state index contributed by atoms with van der Waals surface area (Å²) in [5, 5.41) is 3.51. The highest BCUT2D eigenvalue weighted by molar-refractivity contribution is 5.50. The Kier molecular flexibility index (Phi) is 3.00. The number of piperidine rings is 1. The number of anilines is 1. The number of hydrogen-bond donors (Lipinski definition) is 1. The van der Waals surface area contributed by atoms with E-state index in [0.29, 0.717) is 23.6 Å². The zero-order valence-electron chi connectivity index (χ0n) is 11.5. The maximum Gasteiger partial charge on any atom is 0.147 e. The Morgan fingerprint density at radius 1 is 1.10 bits per heavy atom. The number of ether oxygens (including phenoxy) is 1. The van der Waals surface area contributed by atoms with Crippen LogP contribution in [0.15, 0.2) is 42.7 Å². The molecule has 2 bridgehead atoms. The molecule has 3 aliphatic rings. The summed E-state index contributed by atoms with van der Waals surface area (Å²) in [6.07, 6.45) is 4.81. The van der Waals surface area contributed by atoms with Crippen molar-refractivity contribution in [2.45, 2.75) is 18.5 Å². The van der Waals surface area contributed by atoms with E-state index in [9.17, 15) is 4.39 Å².